The maximum Gasteiger partial charge on any atom is 0.225 e. The van der Waals surface area contributed by atoms with Crippen LogP contribution in [0.1, 0.15) is 37.8 Å². The lowest BCUT2D eigenvalue weighted by Crippen LogP contribution is -2.36. The second-order valence-electron chi connectivity index (χ2n) is 7.44. The van der Waals surface area contributed by atoms with Gasteiger partial charge in [0.25, 0.3) is 0 Å². The lowest BCUT2D eigenvalue weighted by molar-refractivity contribution is 0.123. The fourth-order valence-electron chi connectivity index (χ4n) is 3.92. The summed E-state index contributed by atoms with van der Waals surface area (Å²) in [7, 11) is 0. The predicted octanol–water partition coefficient (Wildman–Crippen LogP) is 4.11. The Hall–Kier alpha value is -2.34. The van der Waals surface area contributed by atoms with Crippen molar-refractivity contribution < 1.29 is 4.74 Å². The van der Waals surface area contributed by atoms with E-state index in [4.69, 9.17) is 9.72 Å². The van der Waals surface area contributed by atoms with E-state index in [-0.39, 0.29) is 0 Å². The van der Waals surface area contributed by atoms with E-state index in [1.807, 2.05) is 13.0 Å². The SMILES string of the molecule is Cc1cc(Nc2ccccc2N2CCOCC2)nc(NC2CCCCC2)n1. The number of aromatic nitrogens is 2. The van der Waals surface area contributed by atoms with E-state index in [0.717, 1.165) is 49.5 Å². The van der Waals surface area contributed by atoms with E-state index in [1.165, 1.54) is 37.8 Å². The Kier molecular flexibility index (Phi) is 5.72. The van der Waals surface area contributed by atoms with Crippen LogP contribution in [0.15, 0.2) is 30.3 Å². The summed E-state index contributed by atoms with van der Waals surface area (Å²) in [5.74, 6) is 1.56. The minimum atomic E-state index is 0.494. The summed E-state index contributed by atoms with van der Waals surface area (Å²) < 4.78 is 5.49. The molecule has 6 heteroatoms. The summed E-state index contributed by atoms with van der Waals surface area (Å²) in [6.45, 7) is 5.39. The van der Waals surface area contributed by atoms with Gasteiger partial charge in [-0.3, -0.25) is 0 Å². The maximum absolute atomic E-state index is 5.49. The number of anilines is 4. The van der Waals surface area contributed by atoms with E-state index in [2.05, 4.69) is 44.8 Å². The number of nitrogens with one attached hydrogen (secondary N) is 2. The van der Waals surface area contributed by atoms with Crippen LogP contribution >= 0.6 is 0 Å². The molecule has 0 unspecified atom stereocenters. The second-order valence-corrected chi connectivity index (χ2v) is 7.44. The molecule has 2 heterocycles. The zero-order chi connectivity index (χ0) is 18.5. The van der Waals surface area contributed by atoms with Crippen molar-refractivity contribution in [1.29, 1.82) is 0 Å². The van der Waals surface area contributed by atoms with Crippen LogP contribution in [0, 0.1) is 6.92 Å². The Morgan fingerprint density at radius 2 is 1.81 bits per heavy atom. The Bertz CT molecular complexity index is 754. The van der Waals surface area contributed by atoms with Crippen molar-refractivity contribution in [2.24, 2.45) is 0 Å². The molecule has 1 aromatic heterocycles. The molecule has 1 saturated heterocycles. The topological polar surface area (TPSA) is 62.3 Å². The summed E-state index contributed by atoms with van der Waals surface area (Å²) >= 11 is 0. The highest BCUT2D eigenvalue weighted by Crippen LogP contribution is 2.29. The third-order valence-corrected chi connectivity index (χ3v) is 5.31. The Balaban J connectivity index is 1.52. The van der Waals surface area contributed by atoms with Crippen molar-refractivity contribution in [3.63, 3.8) is 0 Å². The standard InChI is InChI=1S/C21H29N5O/c1-16-15-20(25-21(22-16)23-17-7-3-2-4-8-17)24-18-9-5-6-10-19(18)26-11-13-27-14-12-26/h5-6,9-10,15,17H,2-4,7-8,11-14H2,1H3,(H2,22,23,24,25). The number of para-hydroxylation sites is 2. The number of rotatable bonds is 5. The first kappa shape index (κ1) is 18.0. The molecule has 144 valence electrons. The van der Waals surface area contributed by atoms with Gasteiger partial charge in [-0.1, -0.05) is 31.4 Å². The van der Waals surface area contributed by atoms with Crippen LogP contribution in [0.2, 0.25) is 0 Å². The molecule has 0 amide bonds. The molecule has 0 atom stereocenters. The van der Waals surface area contributed by atoms with Gasteiger partial charge >= 0.3 is 0 Å². The number of benzene rings is 1. The number of ether oxygens (including phenoxy) is 1. The minimum absolute atomic E-state index is 0.494. The molecule has 2 aromatic rings. The van der Waals surface area contributed by atoms with Gasteiger partial charge in [0.05, 0.1) is 24.6 Å². The number of hydrogen-bond acceptors (Lipinski definition) is 6. The molecule has 1 saturated carbocycles. The number of aryl methyl sites for hydroxylation is 1. The number of hydrogen-bond donors (Lipinski definition) is 2. The predicted molar refractivity (Wildman–Crippen MR) is 110 cm³/mol. The van der Waals surface area contributed by atoms with Crippen molar-refractivity contribution in [3.05, 3.63) is 36.0 Å². The lowest BCUT2D eigenvalue weighted by atomic mass is 9.96. The first-order valence-electron chi connectivity index (χ1n) is 10.1. The third-order valence-electron chi connectivity index (χ3n) is 5.31. The van der Waals surface area contributed by atoms with Crippen LogP contribution in [0.3, 0.4) is 0 Å². The quantitative estimate of drug-likeness (QED) is 0.829. The molecule has 0 spiro atoms. The Morgan fingerprint density at radius 1 is 1.04 bits per heavy atom. The van der Waals surface area contributed by atoms with E-state index in [0.29, 0.717) is 6.04 Å². The summed E-state index contributed by atoms with van der Waals surface area (Å²) in [5.41, 5.74) is 3.23. The van der Waals surface area contributed by atoms with Crippen LogP contribution in [0.25, 0.3) is 0 Å². The maximum atomic E-state index is 5.49. The third kappa shape index (κ3) is 4.69. The van der Waals surface area contributed by atoms with E-state index in [9.17, 15) is 0 Å². The van der Waals surface area contributed by atoms with Crippen LogP contribution in [0.4, 0.5) is 23.1 Å². The molecular formula is C21H29N5O. The summed E-state index contributed by atoms with van der Waals surface area (Å²) in [5, 5.41) is 7.05. The molecule has 1 aliphatic carbocycles. The van der Waals surface area contributed by atoms with Crippen molar-refractivity contribution in [2.75, 3.05) is 41.8 Å². The molecular weight excluding hydrogens is 338 g/mol. The fraction of sp³-hybridized carbons (Fsp3) is 0.524. The monoisotopic (exact) mass is 367 g/mol. The summed E-state index contributed by atoms with van der Waals surface area (Å²) in [6.07, 6.45) is 6.35. The summed E-state index contributed by atoms with van der Waals surface area (Å²) in [4.78, 5) is 11.7. The number of nitrogens with zero attached hydrogens (tertiary/aromatic N) is 3. The molecule has 0 bridgehead atoms. The van der Waals surface area contributed by atoms with E-state index >= 15 is 0 Å². The van der Waals surface area contributed by atoms with E-state index < -0.39 is 0 Å². The van der Waals surface area contributed by atoms with Crippen molar-refractivity contribution in [3.8, 4) is 0 Å². The fourth-order valence-corrected chi connectivity index (χ4v) is 3.92. The van der Waals surface area contributed by atoms with Crippen molar-refractivity contribution >= 4 is 23.1 Å². The highest BCUT2D eigenvalue weighted by molar-refractivity contribution is 5.74. The van der Waals surface area contributed by atoms with Gasteiger partial charge in [0, 0.05) is 30.9 Å². The lowest BCUT2D eigenvalue weighted by Gasteiger charge is -2.30. The molecule has 2 N–H and O–H groups in total. The molecule has 0 radical (unpaired) electrons. The average Bonchev–Trinajstić information content (AvgIpc) is 2.69. The molecule has 1 aromatic carbocycles. The van der Waals surface area contributed by atoms with Crippen LogP contribution < -0.4 is 15.5 Å². The largest absolute Gasteiger partial charge is 0.378 e. The molecule has 6 nitrogen and oxygen atoms in total. The minimum Gasteiger partial charge on any atom is -0.378 e. The van der Waals surface area contributed by atoms with Crippen molar-refractivity contribution in [1.82, 2.24) is 9.97 Å². The average molecular weight is 367 g/mol. The van der Waals surface area contributed by atoms with Gasteiger partial charge in [-0.25, -0.2) is 4.98 Å². The zero-order valence-electron chi connectivity index (χ0n) is 16.1. The molecule has 2 fully saturated rings. The molecule has 27 heavy (non-hydrogen) atoms. The Morgan fingerprint density at radius 3 is 2.63 bits per heavy atom. The number of morpholine rings is 1. The smallest absolute Gasteiger partial charge is 0.225 e. The van der Waals surface area contributed by atoms with Gasteiger partial charge in [0.15, 0.2) is 0 Å². The van der Waals surface area contributed by atoms with Gasteiger partial charge in [0.2, 0.25) is 5.95 Å². The first-order chi connectivity index (χ1) is 13.3. The zero-order valence-corrected chi connectivity index (χ0v) is 16.1. The first-order valence-corrected chi connectivity index (χ1v) is 10.1. The highest BCUT2D eigenvalue weighted by atomic mass is 16.5. The molecule has 4 rings (SSSR count). The Labute approximate surface area is 161 Å². The van der Waals surface area contributed by atoms with Crippen molar-refractivity contribution in [2.45, 2.75) is 45.1 Å². The molecule has 2 aliphatic rings. The summed E-state index contributed by atoms with van der Waals surface area (Å²) in [6, 6.07) is 10.9. The van der Waals surface area contributed by atoms with Gasteiger partial charge in [-0.15, -0.1) is 0 Å². The van der Waals surface area contributed by atoms with Crippen LogP contribution in [-0.4, -0.2) is 42.3 Å². The molecule has 1 aliphatic heterocycles. The van der Waals surface area contributed by atoms with Gasteiger partial charge in [-0.05, 0) is 31.9 Å². The van der Waals surface area contributed by atoms with Gasteiger partial charge < -0.3 is 20.3 Å². The van der Waals surface area contributed by atoms with Gasteiger partial charge in [0.1, 0.15) is 5.82 Å². The van der Waals surface area contributed by atoms with Crippen LogP contribution in [-0.2, 0) is 4.74 Å². The second kappa shape index (κ2) is 8.57. The highest BCUT2D eigenvalue weighted by Gasteiger charge is 2.17. The van der Waals surface area contributed by atoms with Gasteiger partial charge in [-0.2, -0.15) is 4.98 Å². The van der Waals surface area contributed by atoms with Crippen LogP contribution in [0.5, 0.6) is 0 Å². The van der Waals surface area contributed by atoms with E-state index in [1.54, 1.807) is 0 Å². The normalized spacial score (nSPS) is 18.3.